The van der Waals surface area contributed by atoms with Gasteiger partial charge in [0.1, 0.15) is 5.82 Å². The van der Waals surface area contributed by atoms with Crippen LogP contribution >= 0.6 is 23.1 Å². The zero-order valence-electron chi connectivity index (χ0n) is 17.5. The number of aliphatic imine (C=N–C) groups is 1. The van der Waals surface area contributed by atoms with Crippen molar-refractivity contribution in [2.45, 2.75) is 20.8 Å². The first-order chi connectivity index (χ1) is 15.3. The number of amides is 2. The van der Waals surface area contributed by atoms with Crippen LogP contribution in [0.15, 0.2) is 57.7 Å². The second kappa shape index (κ2) is 9.05. The maximum Gasteiger partial charge on any atom is 0.264 e. The number of nitrogens with zero attached hydrogens (tertiary/aromatic N) is 3. The largest absolute Gasteiger partial charge is 0.300 e. The van der Waals surface area contributed by atoms with Gasteiger partial charge in [0.25, 0.3) is 5.91 Å². The molecule has 162 valence electrons. The molecule has 2 heterocycles. The van der Waals surface area contributed by atoms with Crippen molar-refractivity contribution in [1.29, 1.82) is 0 Å². The van der Waals surface area contributed by atoms with E-state index in [9.17, 15) is 14.0 Å². The highest BCUT2D eigenvalue weighted by atomic mass is 32.2. The fourth-order valence-corrected chi connectivity index (χ4v) is 4.83. The average molecular weight is 467 g/mol. The lowest BCUT2D eigenvalue weighted by atomic mass is 10.1. The normalized spacial score (nSPS) is 15.9. The lowest BCUT2D eigenvalue weighted by molar-refractivity contribution is -0.116. The number of aryl methyl sites for hydroxylation is 2. The molecule has 0 saturated carbocycles. The third-order valence-electron chi connectivity index (χ3n) is 4.69. The van der Waals surface area contributed by atoms with Crippen LogP contribution in [0.2, 0.25) is 0 Å². The molecule has 0 atom stereocenters. The van der Waals surface area contributed by atoms with Crippen molar-refractivity contribution in [2.24, 2.45) is 4.99 Å². The number of amidine groups is 1. The minimum absolute atomic E-state index is 0.129. The SMILES string of the molecule is CC(=O)N(c1nc(C=C2SC(=Nc3c(C)cccc3C)NC2=O)cs1)c1ccccc1F. The highest BCUT2D eigenvalue weighted by molar-refractivity contribution is 8.18. The van der Waals surface area contributed by atoms with Gasteiger partial charge in [0, 0.05) is 12.3 Å². The first kappa shape index (κ1) is 21.9. The summed E-state index contributed by atoms with van der Waals surface area (Å²) in [5, 5.41) is 5.30. The van der Waals surface area contributed by atoms with E-state index < -0.39 is 5.82 Å². The Bertz CT molecular complexity index is 1260. The second-order valence-corrected chi connectivity index (χ2v) is 8.95. The predicted molar refractivity (Wildman–Crippen MR) is 128 cm³/mol. The predicted octanol–water partition coefficient (Wildman–Crippen LogP) is 5.48. The van der Waals surface area contributed by atoms with Gasteiger partial charge in [-0.05, 0) is 54.9 Å². The Hall–Kier alpha value is -3.30. The van der Waals surface area contributed by atoms with E-state index in [1.54, 1.807) is 23.6 Å². The molecule has 32 heavy (non-hydrogen) atoms. The van der Waals surface area contributed by atoms with Crippen molar-refractivity contribution in [1.82, 2.24) is 10.3 Å². The number of benzene rings is 2. The van der Waals surface area contributed by atoms with Gasteiger partial charge in [-0.25, -0.2) is 14.4 Å². The number of halogens is 1. The molecule has 1 saturated heterocycles. The number of nitrogens with one attached hydrogen (secondary N) is 1. The molecule has 6 nitrogen and oxygen atoms in total. The molecule has 1 N–H and O–H groups in total. The lowest BCUT2D eigenvalue weighted by Gasteiger charge is -2.18. The minimum atomic E-state index is -0.518. The van der Waals surface area contributed by atoms with Crippen LogP contribution in [0.5, 0.6) is 0 Å². The number of aromatic nitrogens is 1. The van der Waals surface area contributed by atoms with Gasteiger partial charge in [-0.15, -0.1) is 11.3 Å². The highest BCUT2D eigenvalue weighted by Crippen LogP contribution is 2.34. The first-order valence-corrected chi connectivity index (χ1v) is 11.4. The van der Waals surface area contributed by atoms with Crippen LogP contribution in [-0.4, -0.2) is 22.0 Å². The molecule has 1 aliphatic rings. The Morgan fingerprint density at radius 1 is 1.16 bits per heavy atom. The Kier molecular flexibility index (Phi) is 6.20. The zero-order valence-corrected chi connectivity index (χ0v) is 19.2. The standard InChI is InChI=1S/C23H19FN4O2S2/c1-13-7-6-8-14(2)20(13)26-22-27-21(30)19(32-22)11-16-12-31-23(25-16)28(15(3)29)18-10-5-4-9-17(18)24/h4-12H,1-3H3,(H,26,27,30). The molecule has 4 rings (SSSR count). The fraction of sp³-hybridized carbons (Fsp3) is 0.130. The Morgan fingerprint density at radius 3 is 2.56 bits per heavy atom. The summed E-state index contributed by atoms with van der Waals surface area (Å²) in [4.78, 5) is 35.3. The number of hydrogen-bond donors (Lipinski definition) is 1. The van der Waals surface area contributed by atoms with Crippen LogP contribution in [-0.2, 0) is 9.59 Å². The van der Waals surface area contributed by atoms with Crippen LogP contribution in [0.3, 0.4) is 0 Å². The number of thioether (sulfide) groups is 1. The van der Waals surface area contributed by atoms with E-state index in [0.717, 1.165) is 16.8 Å². The second-order valence-electron chi connectivity index (χ2n) is 7.08. The maximum absolute atomic E-state index is 14.3. The third kappa shape index (κ3) is 4.49. The van der Waals surface area contributed by atoms with Gasteiger partial charge in [-0.3, -0.25) is 14.5 Å². The van der Waals surface area contributed by atoms with Crippen LogP contribution < -0.4 is 10.2 Å². The first-order valence-electron chi connectivity index (χ1n) is 9.70. The van der Waals surface area contributed by atoms with Crippen LogP contribution in [0.1, 0.15) is 23.7 Å². The monoisotopic (exact) mass is 466 g/mol. The van der Waals surface area contributed by atoms with Gasteiger partial charge < -0.3 is 5.32 Å². The van der Waals surface area contributed by atoms with Crippen LogP contribution in [0.25, 0.3) is 6.08 Å². The molecule has 9 heteroatoms. The van der Waals surface area contributed by atoms with Gasteiger partial charge in [-0.2, -0.15) is 0 Å². The number of thiazole rings is 1. The molecule has 0 aliphatic carbocycles. The van der Waals surface area contributed by atoms with E-state index in [4.69, 9.17) is 0 Å². The number of carbonyl (C=O) groups is 2. The van der Waals surface area contributed by atoms with Gasteiger partial charge in [0.05, 0.1) is 22.0 Å². The van der Waals surface area contributed by atoms with Crippen molar-refractivity contribution in [3.8, 4) is 0 Å². The smallest absolute Gasteiger partial charge is 0.264 e. The lowest BCUT2D eigenvalue weighted by Crippen LogP contribution is -2.23. The van der Waals surface area contributed by atoms with Crippen molar-refractivity contribution in [2.75, 3.05) is 4.90 Å². The molecular weight excluding hydrogens is 447 g/mol. The number of rotatable bonds is 4. The quantitative estimate of drug-likeness (QED) is 0.517. The fourth-order valence-electron chi connectivity index (χ4n) is 3.18. The van der Waals surface area contributed by atoms with E-state index in [-0.39, 0.29) is 17.5 Å². The average Bonchev–Trinajstić information content (AvgIpc) is 3.33. The summed E-state index contributed by atoms with van der Waals surface area (Å²) >= 11 is 2.42. The number of para-hydroxylation sites is 2. The number of anilines is 2. The van der Waals surface area contributed by atoms with E-state index in [2.05, 4.69) is 15.3 Å². The van der Waals surface area contributed by atoms with Gasteiger partial charge in [0.15, 0.2) is 10.3 Å². The van der Waals surface area contributed by atoms with Crippen molar-refractivity contribution < 1.29 is 14.0 Å². The third-order valence-corrected chi connectivity index (χ3v) is 6.45. The Labute approximate surface area is 192 Å². The van der Waals surface area contributed by atoms with Gasteiger partial charge >= 0.3 is 0 Å². The Balaban J connectivity index is 1.60. The van der Waals surface area contributed by atoms with Crippen molar-refractivity contribution in [3.63, 3.8) is 0 Å². The number of carbonyl (C=O) groups excluding carboxylic acids is 2. The summed E-state index contributed by atoms with van der Waals surface area (Å²) < 4.78 is 14.3. The molecule has 3 aromatic rings. The van der Waals surface area contributed by atoms with Crippen molar-refractivity contribution >= 4 is 62.7 Å². The van der Waals surface area contributed by atoms with Crippen molar-refractivity contribution in [3.05, 3.63) is 75.4 Å². The van der Waals surface area contributed by atoms with Crippen LogP contribution in [0.4, 0.5) is 20.9 Å². The molecule has 1 aromatic heterocycles. The summed E-state index contributed by atoms with van der Waals surface area (Å²) in [5.74, 6) is -1.15. The van der Waals surface area contributed by atoms with E-state index in [0.29, 0.717) is 20.9 Å². The zero-order chi connectivity index (χ0) is 22.8. The maximum atomic E-state index is 14.3. The molecule has 0 bridgehead atoms. The van der Waals surface area contributed by atoms with Gasteiger partial charge in [-0.1, -0.05) is 30.3 Å². The van der Waals surface area contributed by atoms with E-state index >= 15 is 0 Å². The van der Waals surface area contributed by atoms with Gasteiger partial charge in [0.2, 0.25) is 5.91 Å². The minimum Gasteiger partial charge on any atom is -0.300 e. The summed E-state index contributed by atoms with van der Waals surface area (Å²) in [6.07, 6.45) is 1.63. The molecule has 1 fully saturated rings. The van der Waals surface area contributed by atoms with Crippen LogP contribution in [0, 0.1) is 19.7 Å². The van der Waals surface area contributed by atoms with E-state index in [1.165, 1.54) is 47.1 Å². The summed E-state index contributed by atoms with van der Waals surface area (Å²) in [7, 11) is 0. The summed E-state index contributed by atoms with van der Waals surface area (Å²) in [5.41, 5.74) is 3.50. The molecular formula is C23H19FN4O2S2. The molecule has 2 amide bonds. The topological polar surface area (TPSA) is 74.7 Å². The molecule has 0 unspecified atom stereocenters. The molecule has 2 aromatic carbocycles. The summed E-state index contributed by atoms with van der Waals surface area (Å²) in [6.45, 7) is 5.29. The number of hydrogen-bond acceptors (Lipinski definition) is 6. The summed E-state index contributed by atoms with van der Waals surface area (Å²) in [6, 6.07) is 11.9. The molecule has 0 spiro atoms. The van der Waals surface area contributed by atoms with E-state index in [1.807, 2.05) is 32.0 Å². The molecule has 0 radical (unpaired) electrons. The Morgan fingerprint density at radius 2 is 1.88 bits per heavy atom. The molecule has 1 aliphatic heterocycles. The highest BCUT2D eigenvalue weighted by Gasteiger charge is 2.25.